The number of hydrogen-bond donors (Lipinski definition) is 3. The Morgan fingerprint density at radius 2 is 2.16 bits per heavy atom. The molecule has 1 saturated heterocycles. The molecule has 1 aliphatic heterocycles. The van der Waals surface area contributed by atoms with Gasteiger partial charge in [0.15, 0.2) is 5.75 Å². The quantitative estimate of drug-likeness (QED) is 0.500. The number of carbonyl (C=O) groups is 2. The molecule has 1 aliphatic rings. The van der Waals surface area contributed by atoms with Crippen LogP contribution in [0.4, 0.5) is 5.69 Å². The van der Waals surface area contributed by atoms with Crippen LogP contribution in [0.5, 0.6) is 5.75 Å². The van der Waals surface area contributed by atoms with E-state index in [0.29, 0.717) is 5.56 Å². The lowest BCUT2D eigenvalue weighted by atomic mass is 10.0. The van der Waals surface area contributed by atoms with E-state index in [9.17, 15) is 24.8 Å². The lowest BCUT2D eigenvalue weighted by molar-refractivity contribution is -0.385. The van der Waals surface area contributed by atoms with Crippen LogP contribution in [0, 0.1) is 10.1 Å². The molecule has 1 atom stereocenters. The number of aromatic hydroxyl groups is 1. The van der Waals surface area contributed by atoms with Gasteiger partial charge in [-0.2, -0.15) is 0 Å². The maximum absolute atomic E-state index is 11.5. The average molecular weight is 265 g/mol. The average Bonchev–Trinajstić information content (AvgIpc) is 2.36. The number of hydrogen-bond acceptors (Lipinski definition) is 5. The highest BCUT2D eigenvalue weighted by Crippen LogP contribution is 2.26. The van der Waals surface area contributed by atoms with Gasteiger partial charge in [0.25, 0.3) is 0 Å². The van der Waals surface area contributed by atoms with E-state index in [-0.39, 0.29) is 24.8 Å². The van der Waals surface area contributed by atoms with Crippen molar-refractivity contribution in [1.82, 2.24) is 10.6 Å². The Hall–Kier alpha value is -2.64. The van der Waals surface area contributed by atoms with Gasteiger partial charge in [-0.3, -0.25) is 19.7 Å². The second-order valence-electron chi connectivity index (χ2n) is 4.12. The molecule has 0 aromatic heterocycles. The van der Waals surface area contributed by atoms with Crippen molar-refractivity contribution in [3.05, 3.63) is 33.9 Å². The van der Waals surface area contributed by atoms with E-state index in [1.165, 1.54) is 18.2 Å². The van der Waals surface area contributed by atoms with Gasteiger partial charge in [-0.1, -0.05) is 6.07 Å². The van der Waals surface area contributed by atoms with Gasteiger partial charge in [-0.05, 0) is 11.6 Å². The van der Waals surface area contributed by atoms with Gasteiger partial charge in [0.05, 0.1) is 11.5 Å². The van der Waals surface area contributed by atoms with Crippen LogP contribution in [0.15, 0.2) is 18.2 Å². The number of benzene rings is 1. The first-order valence-corrected chi connectivity index (χ1v) is 5.50. The molecular weight excluding hydrogens is 254 g/mol. The van der Waals surface area contributed by atoms with Crippen LogP contribution in [0.2, 0.25) is 0 Å². The lowest BCUT2D eigenvalue weighted by Crippen LogP contribution is -2.56. The highest BCUT2D eigenvalue weighted by molar-refractivity contribution is 5.94. The maximum atomic E-state index is 11.5. The summed E-state index contributed by atoms with van der Waals surface area (Å²) in [6.45, 7) is -0.0644. The minimum Gasteiger partial charge on any atom is -0.502 e. The van der Waals surface area contributed by atoms with Crippen molar-refractivity contribution in [3.8, 4) is 5.75 Å². The first-order valence-electron chi connectivity index (χ1n) is 5.50. The number of nitrogens with zero attached hydrogens (tertiary/aromatic N) is 1. The summed E-state index contributed by atoms with van der Waals surface area (Å²) in [5.74, 6) is -1.08. The number of rotatable bonds is 3. The van der Waals surface area contributed by atoms with Crippen molar-refractivity contribution < 1.29 is 19.6 Å². The fourth-order valence-electron chi connectivity index (χ4n) is 1.82. The van der Waals surface area contributed by atoms with Crippen LogP contribution >= 0.6 is 0 Å². The number of piperazine rings is 1. The monoisotopic (exact) mass is 265 g/mol. The van der Waals surface area contributed by atoms with Crippen molar-refractivity contribution in [2.24, 2.45) is 0 Å². The third-order valence-electron chi connectivity index (χ3n) is 2.75. The summed E-state index contributed by atoms with van der Waals surface area (Å²) < 4.78 is 0. The molecule has 100 valence electrons. The molecule has 0 radical (unpaired) electrons. The molecule has 19 heavy (non-hydrogen) atoms. The van der Waals surface area contributed by atoms with Crippen LogP contribution in [-0.4, -0.2) is 34.4 Å². The summed E-state index contributed by atoms with van der Waals surface area (Å²) in [5, 5.41) is 24.9. The second kappa shape index (κ2) is 4.92. The van der Waals surface area contributed by atoms with E-state index in [0.717, 1.165) is 0 Å². The van der Waals surface area contributed by atoms with E-state index < -0.39 is 22.4 Å². The van der Waals surface area contributed by atoms with E-state index in [4.69, 9.17) is 0 Å². The zero-order valence-electron chi connectivity index (χ0n) is 9.75. The van der Waals surface area contributed by atoms with Crippen molar-refractivity contribution in [1.29, 1.82) is 0 Å². The largest absolute Gasteiger partial charge is 0.502 e. The molecule has 8 nitrogen and oxygen atoms in total. The fraction of sp³-hybridized carbons (Fsp3) is 0.273. The Morgan fingerprint density at radius 3 is 2.84 bits per heavy atom. The van der Waals surface area contributed by atoms with Crippen LogP contribution in [0.1, 0.15) is 5.56 Å². The minimum absolute atomic E-state index is 0.0644. The van der Waals surface area contributed by atoms with Gasteiger partial charge in [0.2, 0.25) is 11.8 Å². The number of nitro benzene ring substituents is 1. The number of phenols is 1. The normalized spacial score (nSPS) is 18.6. The highest BCUT2D eigenvalue weighted by atomic mass is 16.6. The topological polar surface area (TPSA) is 122 Å². The molecule has 3 N–H and O–H groups in total. The number of nitro groups is 1. The van der Waals surface area contributed by atoms with Crippen LogP contribution in [0.25, 0.3) is 0 Å². The Bertz CT molecular complexity index is 557. The van der Waals surface area contributed by atoms with E-state index in [2.05, 4.69) is 10.6 Å². The molecule has 1 aromatic carbocycles. The van der Waals surface area contributed by atoms with Gasteiger partial charge in [-0.25, -0.2) is 0 Å². The zero-order chi connectivity index (χ0) is 14.0. The van der Waals surface area contributed by atoms with Gasteiger partial charge < -0.3 is 15.7 Å². The predicted molar refractivity (Wildman–Crippen MR) is 63.4 cm³/mol. The predicted octanol–water partition coefficient (Wildman–Crippen LogP) is -0.542. The molecular formula is C11H11N3O5. The number of nitrogens with one attached hydrogen (secondary N) is 2. The molecule has 0 aliphatic carbocycles. The Balaban J connectivity index is 2.19. The maximum Gasteiger partial charge on any atom is 0.310 e. The first kappa shape index (κ1) is 12.8. The number of carbonyl (C=O) groups excluding carboxylic acids is 2. The van der Waals surface area contributed by atoms with Gasteiger partial charge in [-0.15, -0.1) is 0 Å². The van der Waals surface area contributed by atoms with E-state index in [1.54, 1.807) is 0 Å². The Labute approximate surface area is 107 Å². The fourth-order valence-corrected chi connectivity index (χ4v) is 1.82. The third kappa shape index (κ3) is 2.79. The Kier molecular flexibility index (Phi) is 3.32. The molecule has 2 amide bonds. The molecule has 0 bridgehead atoms. The standard InChI is InChI=1S/C11H11N3O5/c15-9-2-1-6(4-8(9)14(18)19)3-7-11(17)12-5-10(16)13-7/h1-2,4,7,15H,3,5H2,(H,12,17)(H,13,16). The van der Waals surface area contributed by atoms with Gasteiger partial charge in [0, 0.05) is 12.5 Å². The molecule has 0 spiro atoms. The SMILES string of the molecule is O=C1CNC(=O)C(Cc2ccc(O)c([N+](=O)[O-])c2)N1. The summed E-state index contributed by atoms with van der Waals surface area (Å²) in [7, 11) is 0. The van der Waals surface area contributed by atoms with Crippen molar-refractivity contribution in [2.75, 3.05) is 6.54 Å². The van der Waals surface area contributed by atoms with Crippen molar-refractivity contribution in [2.45, 2.75) is 12.5 Å². The minimum atomic E-state index is -0.759. The summed E-state index contributed by atoms with van der Waals surface area (Å²) >= 11 is 0. The highest BCUT2D eigenvalue weighted by Gasteiger charge is 2.26. The molecule has 1 heterocycles. The molecule has 1 fully saturated rings. The second-order valence-corrected chi connectivity index (χ2v) is 4.12. The molecule has 8 heteroatoms. The van der Waals surface area contributed by atoms with Gasteiger partial charge >= 0.3 is 5.69 Å². The smallest absolute Gasteiger partial charge is 0.310 e. The lowest BCUT2D eigenvalue weighted by Gasteiger charge is -2.23. The van der Waals surface area contributed by atoms with E-state index >= 15 is 0 Å². The number of amides is 2. The summed E-state index contributed by atoms with van der Waals surface area (Å²) in [6, 6.07) is 3.08. The van der Waals surface area contributed by atoms with Crippen molar-refractivity contribution >= 4 is 17.5 Å². The first-order chi connectivity index (χ1) is 8.97. The third-order valence-corrected chi connectivity index (χ3v) is 2.75. The van der Waals surface area contributed by atoms with Crippen LogP contribution in [0.3, 0.4) is 0 Å². The van der Waals surface area contributed by atoms with Crippen LogP contribution < -0.4 is 10.6 Å². The summed E-state index contributed by atoms with van der Waals surface area (Å²) in [4.78, 5) is 32.7. The van der Waals surface area contributed by atoms with Gasteiger partial charge in [0.1, 0.15) is 6.04 Å². The van der Waals surface area contributed by atoms with E-state index in [1.807, 2.05) is 0 Å². The molecule has 2 rings (SSSR count). The summed E-state index contributed by atoms with van der Waals surface area (Å²) in [5.41, 5.74) is 0.0481. The van der Waals surface area contributed by atoms with Crippen molar-refractivity contribution in [3.63, 3.8) is 0 Å². The molecule has 0 saturated carbocycles. The Morgan fingerprint density at radius 1 is 1.42 bits per heavy atom. The molecule has 1 aromatic rings. The molecule has 1 unspecified atom stereocenters. The number of phenolic OH excluding ortho intramolecular Hbond substituents is 1. The van der Waals surface area contributed by atoms with Crippen LogP contribution in [-0.2, 0) is 16.0 Å². The summed E-state index contributed by atoms with van der Waals surface area (Å²) in [6.07, 6.45) is 0.124. The zero-order valence-corrected chi connectivity index (χ0v) is 9.75.